The van der Waals surface area contributed by atoms with Crippen molar-refractivity contribution in [3.63, 3.8) is 0 Å². The van der Waals surface area contributed by atoms with E-state index in [0.717, 1.165) is 24.2 Å². The molecule has 0 radical (unpaired) electrons. The third kappa shape index (κ3) is 4.56. The molecule has 134 valence electrons. The fourth-order valence-electron chi connectivity index (χ4n) is 3.10. The Morgan fingerprint density at radius 1 is 1.40 bits per heavy atom. The minimum absolute atomic E-state index is 0.0501. The number of aromatic amines is 1. The topological polar surface area (TPSA) is 125 Å². The van der Waals surface area contributed by atoms with E-state index < -0.39 is 5.97 Å². The van der Waals surface area contributed by atoms with Crippen LogP contribution >= 0.6 is 11.3 Å². The SMILES string of the molecule is Nc1nc(CCC(=O)N2CCC(c3cc(CC(=O)O)[nH]n3)CC2)cs1. The predicted molar refractivity (Wildman–Crippen MR) is 93.3 cm³/mol. The molecular formula is C16H21N5O3S. The summed E-state index contributed by atoms with van der Waals surface area (Å²) in [5, 5.41) is 18.2. The van der Waals surface area contributed by atoms with E-state index in [4.69, 9.17) is 10.8 Å². The molecule has 4 N–H and O–H groups in total. The lowest BCUT2D eigenvalue weighted by molar-refractivity contribution is -0.136. The molecule has 0 aromatic carbocycles. The first-order valence-electron chi connectivity index (χ1n) is 8.25. The number of hydrogen-bond acceptors (Lipinski definition) is 6. The number of carboxylic acids is 1. The molecule has 1 fully saturated rings. The zero-order valence-electron chi connectivity index (χ0n) is 13.8. The van der Waals surface area contributed by atoms with Crippen LogP contribution in [0.4, 0.5) is 5.13 Å². The largest absolute Gasteiger partial charge is 0.481 e. The van der Waals surface area contributed by atoms with Gasteiger partial charge in [0.05, 0.1) is 17.8 Å². The molecule has 3 heterocycles. The van der Waals surface area contributed by atoms with Crippen LogP contribution in [0.25, 0.3) is 0 Å². The van der Waals surface area contributed by atoms with Crippen molar-refractivity contribution in [2.24, 2.45) is 0 Å². The van der Waals surface area contributed by atoms with Crippen molar-refractivity contribution in [2.45, 2.75) is 38.0 Å². The van der Waals surface area contributed by atoms with Crippen LogP contribution in [0.15, 0.2) is 11.4 Å². The van der Waals surface area contributed by atoms with Gasteiger partial charge in [-0.2, -0.15) is 5.10 Å². The molecule has 0 bridgehead atoms. The summed E-state index contributed by atoms with van der Waals surface area (Å²) in [6, 6.07) is 1.82. The molecular weight excluding hydrogens is 342 g/mol. The van der Waals surface area contributed by atoms with Crippen LogP contribution in [0.1, 0.15) is 42.3 Å². The Labute approximate surface area is 149 Å². The van der Waals surface area contributed by atoms with Crippen LogP contribution in [-0.2, 0) is 22.4 Å². The predicted octanol–water partition coefficient (Wildman–Crippen LogP) is 1.41. The first-order chi connectivity index (χ1) is 12.0. The molecule has 9 heteroatoms. The molecule has 3 rings (SSSR count). The maximum atomic E-state index is 12.3. The number of carboxylic acid groups (broad SMARTS) is 1. The fourth-order valence-corrected chi connectivity index (χ4v) is 3.69. The summed E-state index contributed by atoms with van der Waals surface area (Å²) in [7, 11) is 0. The molecule has 1 aliphatic heterocycles. The maximum Gasteiger partial charge on any atom is 0.309 e. The highest BCUT2D eigenvalue weighted by atomic mass is 32.1. The van der Waals surface area contributed by atoms with Crippen molar-refractivity contribution >= 4 is 28.3 Å². The second-order valence-electron chi connectivity index (χ2n) is 6.22. The second kappa shape index (κ2) is 7.64. The number of amides is 1. The average Bonchev–Trinajstić information content (AvgIpc) is 3.21. The first kappa shape index (κ1) is 17.4. The number of rotatable bonds is 6. The van der Waals surface area contributed by atoms with Crippen molar-refractivity contribution in [3.8, 4) is 0 Å². The van der Waals surface area contributed by atoms with E-state index in [9.17, 15) is 9.59 Å². The van der Waals surface area contributed by atoms with Crippen LogP contribution in [0.5, 0.6) is 0 Å². The summed E-state index contributed by atoms with van der Waals surface area (Å²) in [4.78, 5) is 29.1. The summed E-state index contributed by atoms with van der Waals surface area (Å²) in [6.45, 7) is 1.40. The Bertz CT molecular complexity index is 749. The van der Waals surface area contributed by atoms with Gasteiger partial charge < -0.3 is 15.7 Å². The third-order valence-electron chi connectivity index (χ3n) is 4.42. The number of piperidine rings is 1. The van der Waals surface area contributed by atoms with E-state index in [1.807, 2.05) is 16.3 Å². The molecule has 0 saturated carbocycles. The molecule has 0 spiro atoms. The van der Waals surface area contributed by atoms with Gasteiger partial charge in [-0.1, -0.05) is 0 Å². The van der Waals surface area contributed by atoms with Gasteiger partial charge in [0.2, 0.25) is 5.91 Å². The fraction of sp³-hybridized carbons (Fsp3) is 0.500. The Kier molecular flexibility index (Phi) is 5.32. The van der Waals surface area contributed by atoms with Gasteiger partial charge in [0.1, 0.15) is 0 Å². The van der Waals surface area contributed by atoms with Crippen molar-refractivity contribution in [3.05, 3.63) is 28.5 Å². The average molecular weight is 363 g/mol. The van der Waals surface area contributed by atoms with E-state index in [0.29, 0.717) is 36.8 Å². The van der Waals surface area contributed by atoms with Crippen molar-refractivity contribution < 1.29 is 14.7 Å². The third-order valence-corrected chi connectivity index (χ3v) is 5.15. The number of likely N-dealkylation sites (tertiary alicyclic amines) is 1. The summed E-state index contributed by atoms with van der Waals surface area (Å²) in [5.74, 6) is -0.475. The molecule has 1 aliphatic rings. The Morgan fingerprint density at radius 3 is 2.80 bits per heavy atom. The summed E-state index contributed by atoms with van der Waals surface area (Å²) >= 11 is 1.39. The number of carbonyl (C=O) groups is 2. The number of H-pyrrole nitrogens is 1. The molecule has 25 heavy (non-hydrogen) atoms. The number of hydrogen-bond donors (Lipinski definition) is 3. The number of aliphatic carboxylic acids is 1. The van der Waals surface area contributed by atoms with E-state index in [2.05, 4.69) is 15.2 Å². The zero-order chi connectivity index (χ0) is 17.8. The number of aromatic nitrogens is 3. The minimum Gasteiger partial charge on any atom is -0.481 e. The second-order valence-corrected chi connectivity index (χ2v) is 7.11. The van der Waals surface area contributed by atoms with Gasteiger partial charge in [0, 0.05) is 36.5 Å². The Morgan fingerprint density at radius 2 is 2.16 bits per heavy atom. The number of nitrogens with one attached hydrogen (secondary N) is 1. The molecule has 2 aromatic rings. The maximum absolute atomic E-state index is 12.3. The molecule has 1 amide bonds. The summed E-state index contributed by atoms with van der Waals surface area (Å²) < 4.78 is 0. The van der Waals surface area contributed by atoms with Gasteiger partial charge in [0.15, 0.2) is 5.13 Å². The molecule has 0 unspecified atom stereocenters. The summed E-state index contributed by atoms with van der Waals surface area (Å²) in [6.07, 6.45) is 2.69. The van der Waals surface area contributed by atoms with Crippen LogP contribution < -0.4 is 5.73 Å². The lowest BCUT2D eigenvalue weighted by Crippen LogP contribution is -2.38. The molecule has 0 atom stereocenters. The zero-order valence-corrected chi connectivity index (χ0v) is 14.6. The van der Waals surface area contributed by atoms with Gasteiger partial charge in [-0.05, 0) is 25.3 Å². The number of anilines is 1. The highest BCUT2D eigenvalue weighted by molar-refractivity contribution is 7.13. The molecule has 2 aromatic heterocycles. The number of carbonyl (C=O) groups excluding carboxylic acids is 1. The van der Waals surface area contributed by atoms with Gasteiger partial charge in [-0.3, -0.25) is 14.7 Å². The number of nitrogen functional groups attached to an aromatic ring is 1. The van der Waals surface area contributed by atoms with E-state index >= 15 is 0 Å². The van der Waals surface area contributed by atoms with Crippen LogP contribution in [0.3, 0.4) is 0 Å². The lowest BCUT2D eigenvalue weighted by Gasteiger charge is -2.31. The van der Waals surface area contributed by atoms with Crippen LogP contribution in [0, 0.1) is 0 Å². The van der Waals surface area contributed by atoms with E-state index in [1.165, 1.54) is 11.3 Å². The van der Waals surface area contributed by atoms with Gasteiger partial charge >= 0.3 is 5.97 Å². The van der Waals surface area contributed by atoms with Crippen molar-refractivity contribution in [2.75, 3.05) is 18.8 Å². The molecule has 0 aliphatic carbocycles. The van der Waals surface area contributed by atoms with Gasteiger partial charge in [-0.15, -0.1) is 11.3 Å². The number of aryl methyl sites for hydroxylation is 1. The van der Waals surface area contributed by atoms with Crippen molar-refractivity contribution in [1.82, 2.24) is 20.1 Å². The quantitative estimate of drug-likeness (QED) is 0.712. The highest BCUT2D eigenvalue weighted by Crippen LogP contribution is 2.27. The molecule has 1 saturated heterocycles. The lowest BCUT2D eigenvalue weighted by atomic mass is 9.93. The standard InChI is InChI=1S/C16H21N5O3S/c17-16-18-11(9-25-16)1-2-14(22)21-5-3-10(4-6-21)13-7-12(19-20-13)8-15(23)24/h7,9-10H,1-6,8H2,(H2,17,18)(H,19,20)(H,23,24). The summed E-state index contributed by atoms with van der Waals surface area (Å²) in [5.41, 5.74) is 7.97. The van der Waals surface area contributed by atoms with Gasteiger partial charge in [0.25, 0.3) is 0 Å². The number of thiazole rings is 1. The van der Waals surface area contributed by atoms with Crippen molar-refractivity contribution in [1.29, 1.82) is 0 Å². The van der Waals surface area contributed by atoms with Gasteiger partial charge in [-0.25, -0.2) is 4.98 Å². The number of nitrogens with two attached hydrogens (primary N) is 1. The monoisotopic (exact) mass is 363 g/mol. The molecule has 8 nitrogen and oxygen atoms in total. The number of nitrogens with zero attached hydrogens (tertiary/aromatic N) is 3. The Balaban J connectivity index is 1.47. The van der Waals surface area contributed by atoms with Crippen LogP contribution in [0.2, 0.25) is 0 Å². The van der Waals surface area contributed by atoms with E-state index in [1.54, 1.807) is 0 Å². The smallest absolute Gasteiger partial charge is 0.309 e. The normalized spacial score (nSPS) is 15.4. The minimum atomic E-state index is -0.877. The first-order valence-corrected chi connectivity index (χ1v) is 9.13. The van der Waals surface area contributed by atoms with E-state index in [-0.39, 0.29) is 18.2 Å². The van der Waals surface area contributed by atoms with Crippen LogP contribution in [-0.4, -0.2) is 50.2 Å². The Hall–Kier alpha value is -2.42. The highest BCUT2D eigenvalue weighted by Gasteiger charge is 2.25.